The Bertz CT molecular complexity index is 725. The van der Waals surface area contributed by atoms with Crippen molar-refractivity contribution >= 4 is 23.5 Å². The summed E-state index contributed by atoms with van der Waals surface area (Å²) in [5.74, 6) is 0.969. The molecule has 3 N–H and O–H groups in total. The topological polar surface area (TPSA) is 89.1 Å². The van der Waals surface area contributed by atoms with E-state index < -0.39 is 0 Å². The van der Waals surface area contributed by atoms with Crippen LogP contribution in [0.4, 0.5) is 17.6 Å². The van der Waals surface area contributed by atoms with Crippen molar-refractivity contribution in [3.05, 3.63) is 29.8 Å². The van der Waals surface area contributed by atoms with Gasteiger partial charge in [0, 0.05) is 19.3 Å². The number of amides is 1. The van der Waals surface area contributed by atoms with Gasteiger partial charge in [-0.1, -0.05) is 38.5 Å². The molecule has 2 aromatic rings. The van der Waals surface area contributed by atoms with E-state index in [2.05, 4.69) is 29.2 Å². The van der Waals surface area contributed by atoms with Gasteiger partial charge in [0.2, 0.25) is 17.8 Å². The van der Waals surface area contributed by atoms with Crippen LogP contribution in [0.1, 0.15) is 25.8 Å². The summed E-state index contributed by atoms with van der Waals surface area (Å²) in [6, 6.07) is 7.51. The summed E-state index contributed by atoms with van der Waals surface area (Å²) in [4.78, 5) is 19.2. The highest BCUT2D eigenvalue weighted by molar-refractivity contribution is 5.98. The van der Waals surface area contributed by atoms with Crippen molar-refractivity contribution in [3.8, 4) is 0 Å². The highest BCUT2D eigenvalue weighted by Gasteiger charge is 2.36. The van der Waals surface area contributed by atoms with Crippen LogP contribution in [0.25, 0.3) is 0 Å². The van der Waals surface area contributed by atoms with Crippen molar-refractivity contribution in [1.82, 2.24) is 14.8 Å². The Kier molecular flexibility index (Phi) is 3.94. The number of nitrogens with zero attached hydrogens (tertiary/aromatic N) is 4. The number of benzene rings is 1. The molecule has 0 radical (unpaired) electrons. The predicted molar refractivity (Wildman–Crippen MR) is 89.9 cm³/mol. The summed E-state index contributed by atoms with van der Waals surface area (Å²) in [6.07, 6.45) is 0.887. The molecule has 1 aromatic carbocycles. The molecule has 7 heteroatoms. The lowest BCUT2D eigenvalue weighted by Crippen LogP contribution is -2.47. The molecular weight excluding hydrogens is 292 g/mol. The zero-order valence-electron chi connectivity index (χ0n) is 13.7. The number of para-hydroxylation sites is 1. The number of nitrogens with one attached hydrogen (secondary N) is 1. The minimum absolute atomic E-state index is 0.0223. The molecule has 0 saturated carbocycles. The first-order valence-corrected chi connectivity index (χ1v) is 7.83. The molecule has 122 valence electrons. The van der Waals surface area contributed by atoms with Gasteiger partial charge in [0.05, 0.1) is 0 Å². The number of aryl methyl sites for hydroxylation is 1. The summed E-state index contributed by atoms with van der Waals surface area (Å²) in [7, 11) is 1.79. The Labute approximate surface area is 135 Å². The van der Waals surface area contributed by atoms with Gasteiger partial charge in [-0.05, 0) is 17.5 Å². The lowest BCUT2D eigenvalue weighted by molar-refractivity contribution is -0.118. The van der Waals surface area contributed by atoms with Crippen molar-refractivity contribution in [2.24, 2.45) is 13.0 Å². The van der Waals surface area contributed by atoms with Crippen molar-refractivity contribution in [3.63, 3.8) is 0 Å². The second-order valence-corrected chi connectivity index (χ2v) is 6.00. The van der Waals surface area contributed by atoms with Gasteiger partial charge in [0.25, 0.3) is 0 Å². The van der Waals surface area contributed by atoms with E-state index in [1.807, 2.05) is 29.2 Å². The number of carbonyl (C=O) groups is 1. The summed E-state index contributed by atoms with van der Waals surface area (Å²) in [5.41, 5.74) is 7.64. The van der Waals surface area contributed by atoms with Gasteiger partial charge in [-0.3, -0.25) is 4.79 Å². The summed E-state index contributed by atoms with van der Waals surface area (Å²) >= 11 is 0. The molecule has 0 spiro atoms. The van der Waals surface area contributed by atoms with Gasteiger partial charge < -0.3 is 16.0 Å². The number of nitrogens with two attached hydrogens (primary N) is 1. The van der Waals surface area contributed by atoms with Gasteiger partial charge >= 0.3 is 0 Å². The molecule has 0 unspecified atom stereocenters. The molecule has 3 rings (SSSR count). The van der Waals surface area contributed by atoms with Crippen LogP contribution in [-0.2, 0) is 18.4 Å². The minimum Gasteiger partial charge on any atom is -0.366 e. The van der Waals surface area contributed by atoms with Crippen molar-refractivity contribution in [2.45, 2.75) is 32.9 Å². The number of nitrogen functional groups attached to an aromatic ring is 1. The average Bonchev–Trinajstić information content (AvgIpc) is 2.78. The van der Waals surface area contributed by atoms with Crippen molar-refractivity contribution in [1.29, 1.82) is 0 Å². The molecular formula is C16H22N6O. The normalized spacial score (nSPS) is 19.0. The largest absolute Gasteiger partial charge is 0.366 e. The van der Waals surface area contributed by atoms with Gasteiger partial charge in [-0.15, -0.1) is 5.10 Å². The monoisotopic (exact) mass is 314 g/mol. The quantitative estimate of drug-likeness (QED) is 0.901. The van der Waals surface area contributed by atoms with E-state index in [0.29, 0.717) is 12.5 Å². The lowest BCUT2D eigenvalue weighted by atomic mass is 9.97. The van der Waals surface area contributed by atoms with E-state index in [0.717, 1.165) is 17.7 Å². The Hall–Kier alpha value is -2.57. The Morgan fingerprint density at radius 2 is 2.17 bits per heavy atom. The van der Waals surface area contributed by atoms with Crippen LogP contribution >= 0.6 is 0 Å². The first-order chi connectivity index (χ1) is 11.0. The number of hydrogen-bond acceptors (Lipinski definition) is 5. The number of hydrogen-bond donors (Lipinski definition) is 2. The molecule has 2 atom stereocenters. The van der Waals surface area contributed by atoms with Crippen LogP contribution in [0.15, 0.2) is 24.3 Å². The maximum absolute atomic E-state index is 12.8. The zero-order chi connectivity index (χ0) is 16.6. The first-order valence-electron chi connectivity index (χ1n) is 7.83. The van der Waals surface area contributed by atoms with Crippen LogP contribution < -0.4 is 16.0 Å². The van der Waals surface area contributed by atoms with Gasteiger partial charge in [0.1, 0.15) is 6.04 Å². The fourth-order valence-electron chi connectivity index (χ4n) is 3.04. The molecule has 23 heavy (non-hydrogen) atoms. The second-order valence-electron chi connectivity index (χ2n) is 6.00. The highest BCUT2D eigenvalue weighted by atomic mass is 16.2. The molecule has 1 amide bonds. The van der Waals surface area contributed by atoms with E-state index in [9.17, 15) is 4.79 Å². The van der Waals surface area contributed by atoms with Crippen molar-refractivity contribution < 1.29 is 4.79 Å². The number of rotatable bonds is 3. The zero-order valence-corrected chi connectivity index (χ0v) is 13.7. The fraction of sp³-hybridized carbons (Fsp3) is 0.438. The van der Waals surface area contributed by atoms with E-state index >= 15 is 0 Å². The standard InChI is InChI=1S/C16H22N6O/c1-4-10(2)13-14(23)18-12-8-6-5-7-11(12)9-22(13)16-19-15(17)20-21(16)3/h5-8,10,13H,4,9H2,1-3H3,(H2,17,20)(H,18,23)/t10-,13-/m0/s1. The van der Waals surface area contributed by atoms with Crippen LogP contribution in [0.2, 0.25) is 0 Å². The number of anilines is 3. The number of carbonyl (C=O) groups excluding carboxylic acids is 1. The van der Waals surface area contributed by atoms with Gasteiger partial charge in [-0.2, -0.15) is 4.98 Å². The van der Waals surface area contributed by atoms with Crippen LogP contribution in [0.3, 0.4) is 0 Å². The first kappa shape index (κ1) is 15.3. The SMILES string of the molecule is CC[C@H](C)[C@H]1C(=O)Nc2ccccc2CN1c1nc(N)nn1C. The van der Waals surface area contributed by atoms with E-state index in [1.165, 1.54) is 0 Å². The molecule has 0 saturated heterocycles. The maximum atomic E-state index is 12.8. The summed E-state index contributed by atoms with van der Waals surface area (Å²) in [6.45, 7) is 4.74. The van der Waals surface area contributed by atoms with Crippen LogP contribution in [-0.4, -0.2) is 26.7 Å². The molecule has 2 heterocycles. The third-order valence-electron chi connectivity index (χ3n) is 4.42. The molecule has 7 nitrogen and oxygen atoms in total. The average molecular weight is 314 g/mol. The fourth-order valence-corrected chi connectivity index (χ4v) is 3.04. The molecule has 1 aliphatic heterocycles. The summed E-state index contributed by atoms with van der Waals surface area (Å²) in [5, 5.41) is 7.17. The van der Waals surface area contributed by atoms with E-state index in [-0.39, 0.29) is 23.8 Å². The van der Waals surface area contributed by atoms with E-state index in [4.69, 9.17) is 5.73 Å². The third kappa shape index (κ3) is 2.74. The Balaban J connectivity index is 2.10. The van der Waals surface area contributed by atoms with Gasteiger partial charge in [0.15, 0.2) is 0 Å². The van der Waals surface area contributed by atoms with Crippen molar-refractivity contribution in [2.75, 3.05) is 16.0 Å². The van der Waals surface area contributed by atoms with E-state index in [1.54, 1.807) is 11.7 Å². The smallest absolute Gasteiger partial charge is 0.247 e. The Morgan fingerprint density at radius 1 is 1.43 bits per heavy atom. The maximum Gasteiger partial charge on any atom is 0.247 e. The van der Waals surface area contributed by atoms with Crippen LogP contribution in [0.5, 0.6) is 0 Å². The minimum atomic E-state index is -0.324. The molecule has 0 fully saturated rings. The summed E-state index contributed by atoms with van der Waals surface area (Å²) < 4.78 is 1.63. The predicted octanol–water partition coefficient (Wildman–Crippen LogP) is 1.77. The lowest BCUT2D eigenvalue weighted by Gasteiger charge is -2.32. The molecule has 0 aliphatic carbocycles. The van der Waals surface area contributed by atoms with Gasteiger partial charge in [-0.25, -0.2) is 4.68 Å². The number of aromatic nitrogens is 3. The molecule has 0 bridgehead atoms. The number of fused-ring (bicyclic) bond motifs is 1. The highest BCUT2D eigenvalue weighted by Crippen LogP contribution is 2.30. The second kappa shape index (κ2) is 5.91. The van der Waals surface area contributed by atoms with Crippen LogP contribution in [0, 0.1) is 5.92 Å². The third-order valence-corrected chi connectivity index (χ3v) is 4.42. The Morgan fingerprint density at radius 3 is 2.83 bits per heavy atom. The molecule has 1 aromatic heterocycles. The molecule has 1 aliphatic rings.